The third-order valence-corrected chi connectivity index (χ3v) is 5.50. The number of hydrogen-bond acceptors (Lipinski definition) is 4. The number of hydrogen-bond donors (Lipinski definition) is 1. The maximum absolute atomic E-state index is 13.3. The molecule has 2 aromatic rings. The maximum Gasteiger partial charge on any atom is 0.242 e. The summed E-state index contributed by atoms with van der Waals surface area (Å²) in [5.41, 5.74) is 1.72. The molecule has 6 nitrogen and oxygen atoms in total. The molecule has 1 N–H and O–H groups in total. The zero-order chi connectivity index (χ0) is 22.4. The molecule has 166 valence electrons. The van der Waals surface area contributed by atoms with Crippen LogP contribution in [0.1, 0.15) is 44.7 Å². The van der Waals surface area contributed by atoms with Crippen molar-refractivity contribution in [1.29, 1.82) is 0 Å². The summed E-state index contributed by atoms with van der Waals surface area (Å²) in [6, 6.07) is 11.0. The summed E-state index contributed by atoms with van der Waals surface area (Å²) in [6.45, 7) is 6.07. The number of fused-ring (bicyclic) bond motifs is 1. The molecular formula is C24H29FN2O4. The van der Waals surface area contributed by atoms with Gasteiger partial charge in [0.2, 0.25) is 18.6 Å². The van der Waals surface area contributed by atoms with Crippen molar-refractivity contribution in [2.24, 2.45) is 0 Å². The average molecular weight is 429 g/mol. The molecule has 0 saturated heterocycles. The number of aryl methyl sites for hydroxylation is 1. The molecule has 0 radical (unpaired) electrons. The lowest BCUT2D eigenvalue weighted by molar-refractivity contribution is -0.140. The lowest BCUT2D eigenvalue weighted by Gasteiger charge is -2.29. The SMILES string of the molecule is CC[C@H](C)NC(=O)[C@H](C)N(Cc1ccc(F)cc1)C(=O)CCc1ccc2c(c1)OCO2. The van der Waals surface area contributed by atoms with Crippen molar-refractivity contribution in [3.63, 3.8) is 0 Å². The number of halogens is 1. The van der Waals surface area contributed by atoms with Crippen LogP contribution in [0.2, 0.25) is 0 Å². The first-order valence-electron chi connectivity index (χ1n) is 10.6. The van der Waals surface area contributed by atoms with E-state index in [2.05, 4.69) is 5.32 Å². The number of amides is 2. The van der Waals surface area contributed by atoms with Gasteiger partial charge in [0.1, 0.15) is 11.9 Å². The molecule has 0 unspecified atom stereocenters. The summed E-state index contributed by atoms with van der Waals surface area (Å²) < 4.78 is 24.0. The first-order chi connectivity index (χ1) is 14.9. The molecule has 3 rings (SSSR count). The Bertz CT molecular complexity index is 916. The van der Waals surface area contributed by atoms with E-state index < -0.39 is 6.04 Å². The van der Waals surface area contributed by atoms with Gasteiger partial charge >= 0.3 is 0 Å². The number of rotatable bonds is 9. The zero-order valence-electron chi connectivity index (χ0n) is 18.2. The Morgan fingerprint density at radius 2 is 1.74 bits per heavy atom. The van der Waals surface area contributed by atoms with Crippen LogP contribution in [0.3, 0.4) is 0 Å². The fourth-order valence-corrected chi connectivity index (χ4v) is 3.33. The second-order valence-corrected chi connectivity index (χ2v) is 7.83. The van der Waals surface area contributed by atoms with Crippen molar-refractivity contribution >= 4 is 11.8 Å². The Morgan fingerprint density at radius 1 is 1.06 bits per heavy atom. The fourth-order valence-electron chi connectivity index (χ4n) is 3.33. The van der Waals surface area contributed by atoms with Crippen LogP contribution in [0.5, 0.6) is 11.5 Å². The smallest absolute Gasteiger partial charge is 0.242 e. The molecule has 7 heteroatoms. The third-order valence-electron chi connectivity index (χ3n) is 5.50. The Labute approximate surface area is 182 Å². The van der Waals surface area contributed by atoms with E-state index in [1.54, 1.807) is 24.0 Å². The minimum Gasteiger partial charge on any atom is -0.454 e. The van der Waals surface area contributed by atoms with Gasteiger partial charge in [0.25, 0.3) is 0 Å². The molecule has 0 spiro atoms. The van der Waals surface area contributed by atoms with Crippen LogP contribution in [0.25, 0.3) is 0 Å². The van der Waals surface area contributed by atoms with Crippen molar-refractivity contribution in [1.82, 2.24) is 10.2 Å². The van der Waals surface area contributed by atoms with Gasteiger partial charge < -0.3 is 19.7 Å². The molecule has 1 aliphatic heterocycles. The van der Waals surface area contributed by atoms with Gasteiger partial charge in [0, 0.05) is 19.0 Å². The lowest BCUT2D eigenvalue weighted by Crippen LogP contribution is -2.49. The van der Waals surface area contributed by atoms with Gasteiger partial charge in [0.05, 0.1) is 0 Å². The summed E-state index contributed by atoms with van der Waals surface area (Å²) in [7, 11) is 0. The fraction of sp³-hybridized carbons (Fsp3) is 0.417. The molecular weight excluding hydrogens is 399 g/mol. The molecule has 2 atom stereocenters. The van der Waals surface area contributed by atoms with E-state index in [1.807, 2.05) is 32.0 Å². The highest BCUT2D eigenvalue weighted by atomic mass is 19.1. The summed E-state index contributed by atoms with van der Waals surface area (Å²) in [4.78, 5) is 27.4. The van der Waals surface area contributed by atoms with Crippen molar-refractivity contribution in [3.8, 4) is 11.5 Å². The maximum atomic E-state index is 13.3. The van der Waals surface area contributed by atoms with E-state index in [9.17, 15) is 14.0 Å². The van der Waals surface area contributed by atoms with Gasteiger partial charge in [-0.1, -0.05) is 25.1 Å². The van der Waals surface area contributed by atoms with Gasteiger partial charge in [-0.05, 0) is 62.1 Å². The third kappa shape index (κ3) is 5.96. The predicted octanol–water partition coefficient (Wildman–Crippen LogP) is 3.82. The molecule has 2 aromatic carbocycles. The van der Waals surface area contributed by atoms with Crippen molar-refractivity contribution in [3.05, 3.63) is 59.4 Å². The number of benzene rings is 2. The van der Waals surface area contributed by atoms with Gasteiger partial charge in [-0.2, -0.15) is 0 Å². The van der Waals surface area contributed by atoms with Crippen LogP contribution in [-0.4, -0.2) is 35.6 Å². The van der Waals surface area contributed by atoms with Crippen molar-refractivity contribution in [2.75, 3.05) is 6.79 Å². The number of carbonyl (C=O) groups is 2. The largest absolute Gasteiger partial charge is 0.454 e. The van der Waals surface area contributed by atoms with E-state index in [0.717, 1.165) is 17.5 Å². The minimum absolute atomic E-state index is 0.0198. The predicted molar refractivity (Wildman–Crippen MR) is 115 cm³/mol. The van der Waals surface area contributed by atoms with E-state index in [4.69, 9.17) is 9.47 Å². The van der Waals surface area contributed by atoms with Gasteiger partial charge in [0.15, 0.2) is 11.5 Å². The molecule has 0 fully saturated rings. The Hall–Kier alpha value is -3.09. The minimum atomic E-state index is -0.650. The molecule has 0 aromatic heterocycles. The average Bonchev–Trinajstić information content (AvgIpc) is 3.24. The van der Waals surface area contributed by atoms with Crippen LogP contribution in [0.15, 0.2) is 42.5 Å². The van der Waals surface area contributed by atoms with E-state index in [0.29, 0.717) is 17.9 Å². The highest BCUT2D eigenvalue weighted by molar-refractivity contribution is 5.87. The molecule has 0 saturated carbocycles. The first kappa shape index (κ1) is 22.6. The number of nitrogens with one attached hydrogen (secondary N) is 1. The molecule has 31 heavy (non-hydrogen) atoms. The Kier molecular flexibility index (Phi) is 7.50. The van der Waals surface area contributed by atoms with Crippen LogP contribution in [0, 0.1) is 5.82 Å². The lowest BCUT2D eigenvalue weighted by atomic mass is 10.1. The Morgan fingerprint density at radius 3 is 2.45 bits per heavy atom. The van der Waals surface area contributed by atoms with Gasteiger partial charge in [-0.25, -0.2) is 4.39 Å². The van der Waals surface area contributed by atoms with E-state index in [-0.39, 0.29) is 43.4 Å². The zero-order valence-corrected chi connectivity index (χ0v) is 18.2. The number of ether oxygens (including phenoxy) is 2. The van der Waals surface area contributed by atoms with E-state index in [1.165, 1.54) is 12.1 Å². The molecule has 1 heterocycles. The second-order valence-electron chi connectivity index (χ2n) is 7.83. The summed E-state index contributed by atoms with van der Waals surface area (Å²) in [5, 5.41) is 2.94. The molecule has 0 bridgehead atoms. The quantitative estimate of drug-likeness (QED) is 0.659. The van der Waals surface area contributed by atoms with Gasteiger partial charge in [-0.15, -0.1) is 0 Å². The Balaban J connectivity index is 1.71. The second kappa shape index (κ2) is 10.3. The van der Waals surface area contributed by atoms with Crippen LogP contribution < -0.4 is 14.8 Å². The van der Waals surface area contributed by atoms with Crippen LogP contribution in [0.4, 0.5) is 4.39 Å². The first-order valence-corrected chi connectivity index (χ1v) is 10.6. The van der Waals surface area contributed by atoms with E-state index >= 15 is 0 Å². The number of nitrogens with zero attached hydrogens (tertiary/aromatic N) is 1. The monoisotopic (exact) mass is 428 g/mol. The highest BCUT2D eigenvalue weighted by Crippen LogP contribution is 2.32. The van der Waals surface area contributed by atoms with Crippen LogP contribution >= 0.6 is 0 Å². The van der Waals surface area contributed by atoms with Crippen molar-refractivity contribution in [2.45, 2.75) is 58.7 Å². The standard InChI is InChI=1S/C24H29FN2O4/c1-4-16(2)26-24(29)17(3)27(14-19-5-9-20(25)10-6-19)23(28)12-8-18-7-11-21-22(13-18)31-15-30-21/h5-7,9-11,13,16-17H,4,8,12,14-15H2,1-3H3,(H,26,29)/t16-,17-/m0/s1. The van der Waals surface area contributed by atoms with Gasteiger partial charge in [-0.3, -0.25) is 9.59 Å². The summed E-state index contributed by atoms with van der Waals surface area (Å²) in [6.07, 6.45) is 1.55. The summed E-state index contributed by atoms with van der Waals surface area (Å²) in [5.74, 6) is 0.687. The van der Waals surface area contributed by atoms with Crippen LogP contribution in [-0.2, 0) is 22.6 Å². The normalized spacial score (nSPS) is 14.1. The molecule has 0 aliphatic carbocycles. The molecule has 2 amide bonds. The van der Waals surface area contributed by atoms with Crippen molar-refractivity contribution < 1.29 is 23.5 Å². The number of carbonyl (C=O) groups excluding carboxylic acids is 2. The summed E-state index contributed by atoms with van der Waals surface area (Å²) >= 11 is 0. The highest BCUT2D eigenvalue weighted by Gasteiger charge is 2.26. The molecule has 1 aliphatic rings. The topological polar surface area (TPSA) is 67.9 Å².